The maximum Gasteiger partial charge on any atom is 0.335 e. The molecule has 2 N–H and O–H groups in total. The van der Waals surface area contributed by atoms with Gasteiger partial charge >= 0.3 is 5.97 Å². The largest absolute Gasteiger partial charge is 0.507 e. The highest BCUT2D eigenvalue weighted by Gasteiger charge is 2.57. The molecule has 0 bridgehead atoms. The van der Waals surface area contributed by atoms with Crippen LogP contribution < -0.4 is 4.90 Å². The Morgan fingerprint density at radius 3 is 2.56 bits per heavy atom. The molecule has 1 fully saturated rings. The number of Topliss-reactive ketones (excluding diaryl/α,β-unsaturated/α-hetero) is 1. The van der Waals surface area contributed by atoms with Gasteiger partial charge in [-0.1, -0.05) is 42.0 Å². The normalized spacial score (nSPS) is 25.3. The molecule has 2 aromatic rings. The Kier molecular flexibility index (Phi) is 6.49. The third-order valence-electron chi connectivity index (χ3n) is 8.51. The van der Waals surface area contributed by atoms with Gasteiger partial charge in [-0.15, -0.1) is 6.58 Å². The van der Waals surface area contributed by atoms with Crippen molar-refractivity contribution in [3.05, 3.63) is 105 Å². The lowest BCUT2D eigenvalue weighted by atomic mass is 9.59. The number of hydrogen-bond acceptors (Lipinski definition) is 6. The quantitative estimate of drug-likeness (QED) is 0.282. The van der Waals surface area contributed by atoms with Gasteiger partial charge in [-0.2, -0.15) is 0 Å². The number of fused-ring (bicyclic) bond motifs is 3. The average molecular weight is 614 g/mol. The number of aromatic hydroxyl groups is 1. The third-order valence-corrected chi connectivity index (χ3v) is 9.10. The van der Waals surface area contributed by atoms with Gasteiger partial charge in [-0.3, -0.25) is 24.1 Å². The molecule has 4 atom stereocenters. The number of anilines is 1. The lowest BCUT2D eigenvalue weighted by molar-refractivity contribution is -0.123. The first-order valence-electron chi connectivity index (χ1n) is 13.2. The molecule has 2 aromatic carbocycles. The minimum atomic E-state index is -1.18. The summed E-state index contributed by atoms with van der Waals surface area (Å²) in [6, 6.07) is 10.9. The first kappa shape index (κ1) is 26.8. The van der Waals surface area contributed by atoms with Gasteiger partial charge in [-0.25, -0.2) is 4.79 Å². The Bertz CT molecular complexity index is 1700. The number of imide groups is 1. The minimum absolute atomic E-state index is 0.0114. The number of para-hydroxylation sites is 1. The van der Waals surface area contributed by atoms with Crippen molar-refractivity contribution in [1.29, 1.82) is 0 Å². The summed E-state index contributed by atoms with van der Waals surface area (Å²) in [5, 5.41) is 20.7. The maximum absolute atomic E-state index is 14.0. The molecule has 206 valence electrons. The zero-order chi connectivity index (χ0) is 29.2. The fourth-order valence-corrected chi connectivity index (χ4v) is 7.21. The molecular formula is C32H24BrNO7. The number of nitrogens with zero attached hydrogens (tertiary/aromatic N) is 1. The number of benzene rings is 2. The van der Waals surface area contributed by atoms with Gasteiger partial charge in [0.1, 0.15) is 5.75 Å². The Balaban J connectivity index is 1.49. The number of hydrogen-bond donors (Lipinski definition) is 2. The summed E-state index contributed by atoms with van der Waals surface area (Å²) < 4.78 is 0.116. The molecular weight excluding hydrogens is 590 g/mol. The van der Waals surface area contributed by atoms with E-state index in [1.54, 1.807) is 24.3 Å². The third kappa shape index (κ3) is 4.06. The van der Waals surface area contributed by atoms with E-state index in [9.17, 15) is 34.2 Å². The fourth-order valence-electron chi connectivity index (χ4n) is 6.76. The van der Waals surface area contributed by atoms with E-state index in [-0.39, 0.29) is 57.0 Å². The zero-order valence-electron chi connectivity index (χ0n) is 21.7. The molecule has 0 saturated carbocycles. The molecule has 3 aliphatic carbocycles. The molecule has 0 spiro atoms. The smallest absolute Gasteiger partial charge is 0.335 e. The molecule has 9 heteroatoms. The Labute approximate surface area is 243 Å². The van der Waals surface area contributed by atoms with Gasteiger partial charge in [0, 0.05) is 28.7 Å². The summed E-state index contributed by atoms with van der Waals surface area (Å²) in [4.78, 5) is 67.0. The summed E-state index contributed by atoms with van der Waals surface area (Å²) in [6.07, 6.45) is 5.47. The minimum Gasteiger partial charge on any atom is -0.507 e. The Morgan fingerprint density at radius 1 is 1.07 bits per heavy atom. The highest BCUT2D eigenvalue weighted by Crippen LogP contribution is 2.56. The predicted octanol–water partition coefficient (Wildman–Crippen LogP) is 4.79. The number of phenols is 1. The first-order chi connectivity index (χ1) is 19.6. The molecule has 8 nitrogen and oxygen atoms in total. The maximum atomic E-state index is 14.0. The number of rotatable bonds is 5. The number of allylic oxidation sites excluding steroid dienone is 7. The number of halogens is 1. The van der Waals surface area contributed by atoms with E-state index in [4.69, 9.17) is 0 Å². The fraction of sp³-hybridized carbons (Fsp3) is 0.219. The number of amides is 2. The molecule has 0 aromatic heterocycles. The van der Waals surface area contributed by atoms with Gasteiger partial charge in [0.15, 0.2) is 11.6 Å². The van der Waals surface area contributed by atoms with E-state index in [1.807, 2.05) is 6.08 Å². The van der Waals surface area contributed by atoms with E-state index >= 15 is 0 Å². The van der Waals surface area contributed by atoms with Crippen molar-refractivity contribution < 1.29 is 34.2 Å². The van der Waals surface area contributed by atoms with Crippen molar-refractivity contribution in [3.8, 4) is 5.75 Å². The average Bonchev–Trinajstić information content (AvgIpc) is 3.21. The van der Waals surface area contributed by atoms with Crippen molar-refractivity contribution in [3.63, 3.8) is 0 Å². The lowest BCUT2D eigenvalue weighted by Gasteiger charge is -2.42. The standard InChI is InChI=1S/C32H24BrNO7/c1-2-5-15-6-4-9-19(28(15)36)25-18-10-11-20-26(21(18)13-22-27(25)24(35)14-23(33)29(22)37)31(39)34(30(20)38)17-8-3-7-16(12-17)32(40)41/h2-4,6-10,12,14,20-21,25-26,36H,1,5,11,13H2,(H,40,41)/t20-,21+,25+,26-/m0/s1. The number of carboxylic acids is 1. The Morgan fingerprint density at radius 2 is 1.83 bits per heavy atom. The van der Waals surface area contributed by atoms with Crippen LogP contribution in [-0.4, -0.2) is 39.6 Å². The van der Waals surface area contributed by atoms with Crippen LogP contribution in [0.25, 0.3) is 0 Å². The van der Waals surface area contributed by atoms with Crippen LogP contribution in [0.3, 0.4) is 0 Å². The molecule has 2 amide bonds. The van der Waals surface area contributed by atoms with Crippen LogP contribution in [0.5, 0.6) is 5.75 Å². The second-order valence-corrected chi connectivity index (χ2v) is 11.5. The highest BCUT2D eigenvalue weighted by molar-refractivity contribution is 9.12. The van der Waals surface area contributed by atoms with Crippen LogP contribution in [0.1, 0.15) is 40.2 Å². The van der Waals surface area contributed by atoms with Gasteiger partial charge < -0.3 is 10.2 Å². The van der Waals surface area contributed by atoms with Crippen molar-refractivity contribution in [2.75, 3.05) is 4.90 Å². The number of carbonyl (C=O) groups excluding carboxylic acids is 4. The molecule has 4 aliphatic rings. The monoisotopic (exact) mass is 613 g/mol. The molecule has 1 aliphatic heterocycles. The van der Waals surface area contributed by atoms with E-state index in [1.165, 1.54) is 30.3 Å². The number of ketones is 2. The van der Waals surface area contributed by atoms with E-state index in [0.717, 1.165) is 4.90 Å². The van der Waals surface area contributed by atoms with Crippen molar-refractivity contribution >= 4 is 51.0 Å². The van der Waals surface area contributed by atoms with Gasteiger partial charge in [0.25, 0.3) is 0 Å². The van der Waals surface area contributed by atoms with Gasteiger partial charge in [0.2, 0.25) is 11.8 Å². The van der Waals surface area contributed by atoms with Crippen molar-refractivity contribution in [2.24, 2.45) is 17.8 Å². The molecule has 0 radical (unpaired) electrons. The van der Waals surface area contributed by atoms with Gasteiger partial charge in [-0.05, 0) is 64.9 Å². The number of carbonyl (C=O) groups is 5. The van der Waals surface area contributed by atoms with E-state index in [2.05, 4.69) is 22.5 Å². The number of phenolic OH excluding ortho intramolecular Hbond substituents is 1. The topological polar surface area (TPSA) is 129 Å². The summed E-state index contributed by atoms with van der Waals surface area (Å²) in [7, 11) is 0. The predicted molar refractivity (Wildman–Crippen MR) is 152 cm³/mol. The second kappa shape index (κ2) is 9.92. The summed E-state index contributed by atoms with van der Waals surface area (Å²) >= 11 is 3.21. The molecule has 6 rings (SSSR count). The number of aromatic carboxylic acids is 1. The summed E-state index contributed by atoms with van der Waals surface area (Å²) in [5.74, 6) is -5.72. The lowest BCUT2D eigenvalue weighted by Crippen LogP contribution is -2.39. The first-order valence-corrected chi connectivity index (χ1v) is 13.9. The molecule has 0 unspecified atom stereocenters. The molecule has 41 heavy (non-hydrogen) atoms. The van der Waals surface area contributed by atoms with Crippen molar-refractivity contribution in [1.82, 2.24) is 0 Å². The zero-order valence-corrected chi connectivity index (χ0v) is 23.3. The Hall–Kier alpha value is -4.37. The summed E-state index contributed by atoms with van der Waals surface area (Å²) in [6.45, 7) is 3.75. The van der Waals surface area contributed by atoms with E-state index in [0.29, 0.717) is 23.1 Å². The van der Waals surface area contributed by atoms with Crippen LogP contribution in [-0.2, 0) is 25.6 Å². The molecule has 1 saturated heterocycles. The van der Waals surface area contributed by atoms with E-state index < -0.39 is 41.5 Å². The number of carboxylic acid groups (broad SMARTS) is 1. The van der Waals surface area contributed by atoms with Crippen molar-refractivity contribution in [2.45, 2.75) is 25.2 Å². The summed E-state index contributed by atoms with van der Waals surface area (Å²) in [5.41, 5.74) is 2.42. The van der Waals surface area contributed by atoms with Crippen LogP contribution in [0.2, 0.25) is 0 Å². The highest BCUT2D eigenvalue weighted by atomic mass is 79.9. The van der Waals surface area contributed by atoms with Gasteiger partial charge in [0.05, 0.1) is 27.6 Å². The van der Waals surface area contributed by atoms with Crippen LogP contribution >= 0.6 is 15.9 Å². The van der Waals surface area contributed by atoms with Crippen LogP contribution in [0.4, 0.5) is 5.69 Å². The second-order valence-electron chi connectivity index (χ2n) is 10.6. The SMILES string of the molecule is C=CCc1cccc([C@H]2C3=CC[C@@H]4C(=O)N(c5cccc(C(=O)O)c5)C(=O)[C@@H]4[C@@H]3CC3=C2C(=O)C=C(Br)C3=O)c1O. The van der Waals surface area contributed by atoms with Crippen LogP contribution in [0.15, 0.2) is 88.5 Å². The van der Waals surface area contributed by atoms with Crippen LogP contribution in [0, 0.1) is 17.8 Å². The molecule has 1 heterocycles.